The highest BCUT2D eigenvalue weighted by Crippen LogP contribution is 2.32. The molecule has 2 heterocycles. The Kier molecular flexibility index (Phi) is 6.04. The van der Waals surface area contributed by atoms with Crippen LogP contribution in [0.3, 0.4) is 0 Å². The van der Waals surface area contributed by atoms with E-state index in [1.807, 2.05) is 0 Å². The van der Waals surface area contributed by atoms with E-state index in [9.17, 15) is 0 Å². The first-order chi connectivity index (χ1) is 11.7. The lowest BCUT2D eigenvalue weighted by atomic mass is 9.99. The van der Waals surface area contributed by atoms with Gasteiger partial charge >= 0.3 is 0 Å². The van der Waals surface area contributed by atoms with Gasteiger partial charge in [0.25, 0.3) is 0 Å². The fraction of sp³-hybridized carbons (Fsp3) is 0.550. The van der Waals surface area contributed by atoms with Gasteiger partial charge in [0, 0.05) is 31.1 Å². The van der Waals surface area contributed by atoms with Crippen molar-refractivity contribution < 1.29 is 0 Å². The van der Waals surface area contributed by atoms with Gasteiger partial charge in [-0.1, -0.05) is 37.6 Å². The highest BCUT2D eigenvalue weighted by atomic mass is 32.1. The number of aryl methyl sites for hydroxylation is 2. The number of hydrogen-bond donors (Lipinski definition) is 0. The molecule has 0 spiro atoms. The van der Waals surface area contributed by atoms with Crippen molar-refractivity contribution in [3.8, 4) is 0 Å². The van der Waals surface area contributed by atoms with E-state index >= 15 is 0 Å². The van der Waals surface area contributed by atoms with E-state index < -0.39 is 0 Å². The molecule has 1 saturated heterocycles. The van der Waals surface area contributed by atoms with Gasteiger partial charge in [-0.2, -0.15) is 4.37 Å². The van der Waals surface area contributed by atoms with Gasteiger partial charge < -0.3 is 4.90 Å². The summed E-state index contributed by atoms with van der Waals surface area (Å²) in [6, 6.07) is 11.9. The molecule has 1 aromatic heterocycles. The van der Waals surface area contributed by atoms with Gasteiger partial charge in [-0.15, -0.1) is 0 Å². The Morgan fingerprint density at radius 3 is 2.42 bits per heavy atom. The molecule has 0 amide bonds. The molecule has 2 aromatic rings. The van der Waals surface area contributed by atoms with E-state index in [2.05, 4.69) is 65.4 Å². The first-order valence-corrected chi connectivity index (χ1v) is 9.89. The lowest BCUT2D eigenvalue weighted by molar-refractivity contribution is 0.128. The van der Waals surface area contributed by atoms with Gasteiger partial charge in [0.15, 0.2) is 0 Å². The fourth-order valence-electron chi connectivity index (χ4n) is 3.39. The molecule has 1 fully saturated rings. The molecule has 130 valence electrons. The summed E-state index contributed by atoms with van der Waals surface area (Å²) in [5.74, 6) is 0. The number of piperazine rings is 1. The summed E-state index contributed by atoms with van der Waals surface area (Å²) in [6.45, 7) is 8.87. The minimum atomic E-state index is 0.352. The Labute approximate surface area is 150 Å². The average Bonchev–Trinajstić information content (AvgIpc) is 3.02. The number of unbranched alkanes of at least 4 members (excludes halogenated alkanes) is 1. The van der Waals surface area contributed by atoms with Crippen molar-refractivity contribution in [1.29, 1.82) is 0 Å². The number of nitrogens with zero attached hydrogens (tertiary/aromatic N) is 3. The first-order valence-electron chi connectivity index (χ1n) is 9.12. The molecule has 24 heavy (non-hydrogen) atoms. The van der Waals surface area contributed by atoms with Crippen LogP contribution in [-0.2, 0) is 6.42 Å². The maximum Gasteiger partial charge on any atom is 0.0713 e. The van der Waals surface area contributed by atoms with Crippen LogP contribution in [0.15, 0.2) is 30.3 Å². The van der Waals surface area contributed by atoms with E-state index in [1.165, 1.54) is 35.3 Å². The number of aromatic nitrogens is 1. The van der Waals surface area contributed by atoms with Crippen molar-refractivity contribution in [3.63, 3.8) is 0 Å². The summed E-state index contributed by atoms with van der Waals surface area (Å²) in [4.78, 5) is 6.41. The minimum Gasteiger partial charge on any atom is -0.304 e. The van der Waals surface area contributed by atoms with E-state index in [0.717, 1.165) is 31.9 Å². The van der Waals surface area contributed by atoms with Crippen molar-refractivity contribution in [3.05, 3.63) is 52.0 Å². The highest BCUT2D eigenvalue weighted by Gasteiger charge is 2.26. The van der Waals surface area contributed by atoms with E-state index in [1.54, 1.807) is 11.5 Å². The number of likely N-dealkylation sites (N-methyl/N-ethyl adjacent to an activating group) is 1. The number of rotatable bonds is 6. The second-order valence-corrected chi connectivity index (χ2v) is 7.79. The summed E-state index contributed by atoms with van der Waals surface area (Å²) < 4.78 is 4.54. The maximum absolute atomic E-state index is 4.54. The largest absolute Gasteiger partial charge is 0.304 e. The molecule has 1 aliphatic rings. The smallest absolute Gasteiger partial charge is 0.0713 e. The standard InChI is InChI=1S/C20H29N3S/c1-4-5-6-17-7-9-18(10-8-17)20(19-15-16(2)21-24-19)23-13-11-22(3)12-14-23/h7-10,15,20H,4-6,11-14H2,1-3H3. The van der Waals surface area contributed by atoms with Gasteiger partial charge in [-0.3, -0.25) is 4.90 Å². The first kappa shape index (κ1) is 17.6. The summed E-state index contributed by atoms with van der Waals surface area (Å²) in [5, 5.41) is 0. The second kappa shape index (κ2) is 8.24. The quantitative estimate of drug-likeness (QED) is 0.786. The molecule has 1 atom stereocenters. The Morgan fingerprint density at radius 2 is 1.83 bits per heavy atom. The maximum atomic E-state index is 4.54. The van der Waals surface area contributed by atoms with Crippen LogP contribution in [0, 0.1) is 6.92 Å². The van der Waals surface area contributed by atoms with Crippen LogP contribution in [0.2, 0.25) is 0 Å². The van der Waals surface area contributed by atoms with Crippen molar-refractivity contribution in [2.24, 2.45) is 0 Å². The van der Waals surface area contributed by atoms with Crippen molar-refractivity contribution >= 4 is 11.5 Å². The molecular weight excluding hydrogens is 314 g/mol. The molecule has 0 radical (unpaired) electrons. The van der Waals surface area contributed by atoms with E-state index in [-0.39, 0.29) is 0 Å². The SMILES string of the molecule is CCCCc1ccc(C(c2cc(C)ns2)N2CCN(C)CC2)cc1. The van der Waals surface area contributed by atoms with Crippen molar-refractivity contribution in [1.82, 2.24) is 14.2 Å². The van der Waals surface area contributed by atoms with E-state index in [4.69, 9.17) is 0 Å². The Balaban J connectivity index is 1.84. The molecule has 0 bridgehead atoms. The predicted molar refractivity (Wildman–Crippen MR) is 103 cm³/mol. The zero-order chi connectivity index (χ0) is 16.9. The zero-order valence-electron chi connectivity index (χ0n) is 15.2. The highest BCUT2D eigenvalue weighted by molar-refractivity contribution is 7.05. The number of benzene rings is 1. The lowest BCUT2D eigenvalue weighted by Crippen LogP contribution is -2.46. The Hall–Kier alpha value is -1.23. The van der Waals surface area contributed by atoms with Crippen molar-refractivity contribution in [2.75, 3.05) is 33.2 Å². The van der Waals surface area contributed by atoms with Crippen LogP contribution in [-0.4, -0.2) is 47.4 Å². The van der Waals surface area contributed by atoms with Gasteiger partial charge in [0.05, 0.1) is 11.7 Å². The number of hydrogen-bond acceptors (Lipinski definition) is 4. The van der Waals surface area contributed by atoms with Crippen LogP contribution in [0.5, 0.6) is 0 Å². The normalized spacial score (nSPS) is 18.0. The monoisotopic (exact) mass is 343 g/mol. The molecular formula is C20H29N3S. The second-order valence-electron chi connectivity index (χ2n) is 6.96. The summed E-state index contributed by atoms with van der Waals surface area (Å²) >= 11 is 1.66. The molecule has 0 saturated carbocycles. The lowest BCUT2D eigenvalue weighted by Gasteiger charge is -2.37. The summed E-state index contributed by atoms with van der Waals surface area (Å²) in [7, 11) is 2.21. The van der Waals surface area contributed by atoms with Gasteiger partial charge in [-0.25, -0.2) is 0 Å². The molecule has 1 aromatic carbocycles. The van der Waals surface area contributed by atoms with E-state index in [0.29, 0.717) is 6.04 Å². The molecule has 3 rings (SSSR count). The fourth-order valence-corrected chi connectivity index (χ4v) is 4.31. The van der Waals surface area contributed by atoms with Crippen LogP contribution >= 0.6 is 11.5 Å². The summed E-state index contributed by atoms with van der Waals surface area (Å²) in [6.07, 6.45) is 3.72. The molecule has 0 N–H and O–H groups in total. The molecule has 0 aliphatic carbocycles. The molecule has 3 nitrogen and oxygen atoms in total. The Bertz CT molecular complexity index is 627. The molecule has 1 aliphatic heterocycles. The van der Waals surface area contributed by atoms with Gasteiger partial charge in [0.1, 0.15) is 0 Å². The van der Waals surface area contributed by atoms with Crippen molar-refractivity contribution in [2.45, 2.75) is 39.2 Å². The minimum absolute atomic E-state index is 0.352. The third-order valence-corrected chi connectivity index (χ3v) is 5.86. The summed E-state index contributed by atoms with van der Waals surface area (Å²) in [5.41, 5.74) is 4.00. The zero-order valence-corrected chi connectivity index (χ0v) is 16.0. The third-order valence-electron chi connectivity index (χ3n) is 4.93. The van der Waals surface area contributed by atoms with Crippen LogP contribution in [0.25, 0.3) is 0 Å². The third kappa shape index (κ3) is 4.24. The van der Waals surface area contributed by atoms with Gasteiger partial charge in [-0.05, 0) is 55.5 Å². The van der Waals surface area contributed by atoms with Gasteiger partial charge in [0.2, 0.25) is 0 Å². The average molecular weight is 344 g/mol. The Morgan fingerprint density at radius 1 is 1.12 bits per heavy atom. The van der Waals surface area contributed by atoms with Crippen LogP contribution in [0.1, 0.15) is 47.5 Å². The van der Waals surface area contributed by atoms with Crippen LogP contribution < -0.4 is 0 Å². The molecule has 4 heteroatoms. The van der Waals surface area contributed by atoms with Crippen LogP contribution in [0.4, 0.5) is 0 Å². The predicted octanol–water partition coefficient (Wildman–Crippen LogP) is 4.13. The topological polar surface area (TPSA) is 19.4 Å². The molecule has 1 unspecified atom stereocenters.